The molecule has 0 aliphatic carbocycles. The van der Waals surface area contributed by atoms with Gasteiger partial charge < -0.3 is 10.6 Å². The number of piperidine rings is 1. The van der Waals surface area contributed by atoms with Crippen LogP contribution < -0.4 is 5.73 Å². The molecular formula is C10H21N2. The van der Waals surface area contributed by atoms with E-state index < -0.39 is 0 Å². The van der Waals surface area contributed by atoms with Gasteiger partial charge >= 0.3 is 0 Å². The molecule has 71 valence electrons. The Labute approximate surface area is 76.1 Å². The van der Waals surface area contributed by atoms with E-state index in [4.69, 9.17) is 5.73 Å². The van der Waals surface area contributed by atoms with E-state index in [-0.39, 0.29) is 0 Å². The maximum atomic E-state index is 5.66. The van der Waals surface area contributed by atoms with Crippen molar-refractivity contribution in [3.63, 3.8) is 0 Å². The maximum Gasteiger partial charge on any atom is 0.00384 e. The van der Waals surface area contributed by atoms with Gasteiger partial charge in [0.05, 0.1) is 0 Å². The van der Waals surface area contributed by atoms with E-state index in [0.29, 0.717) is 0 Å². The quantitative estimate of drug-likeness (QED) is 0.689. The molecule has 1 rings (SSSR count). The van der Waals surface area contributed by atoms with Crippen molar-refractivity contribution in [2.45, 2.75) is 26.7 Å². The van der Waals surface area contributed by atoms with Crippen LogP contribution in [0.4, 0.5) is 0 Å². The van der Waals surface area contributed by atoms with Crippen molar-refractivity contribution >= 4 is 0 Å². The molecule has 1 radical (unpaired) electrons. The van der Waals surface area contributed by atoms with Gasteiger partial charge in [-0.05, 0) is 37.8 Å². The van der Waals surface area contributed by atoms with Gasteiger partial charge in [-0.25, -0.2) is 0 Å². The van der Waals surface area contributed by atoms with Crippen molar-refractivity contribution in [3.05, 3.63) is 5.92 Å². The monoisotopic (exact) mass is 169 g/mol. The van der Waals surface area contributed by atoms with E-state index in [1.165, 1.54) is 31.8 Å². The van der Waals surface area contributed by atoms with Crippen LogP contribution in [0, 0.1) is 11.8 Å². The zero-order valence-corrected chi connectivity index (χ0v) is 8.34. The number of likely N-dealkylation sites (tertiary alicyclic amines) is 1. The summed E-state index contributed by atoms with van der Waals surface area (Å²) in [6.07, 6.45) is 2.66. The summed E-state index contributed by atoms with van der Waals surface area (Å²) in [5.41, 5.74) is 5.66. The maximum absolute atomic E-state index is 5.66. The average molecular weight is 169 g/mol. The fourth-order valence-corrected chi connectivity index (χ4v) is 1.93. The van der Waals surface area contributed by atoms with Gasteiger partial charge in [0.25, 0.3) is 0 Å². The topological polar surface area (TPSA) is 29.3 Å². The summed E-state index contributed by atoms with van der Waals surface area (Å²) in [7, 11) is 0. The molecule has 1 heterocycles. The standard InChI is InChI=1S/C10H21N2/c1-9(2)7-12-5-3-4-10(6-11)8-12/h10H,3-8,11H2,1-2H3/t10-/m0/s1. The third kappa shape index (κ3) is 3.11. The molecular weight excluding hydrogens is 148 g/mol. The third-order valence-corrected chi connectivity index (χ3v) is 2.48. The first-order chi connectivity index (χ1) is 5.72. The Morgan fingerprint density at radius 1 is 1.50 bits per heavy atom. The Kier molecular flexibility index (Phi) is 4.02. The van der Waals surface area contributed by atoms with Gasteiger partial charge in [0, 0.05) is 13.1 Å². The molecule has 0 aromatic heterocycles. The summed E-state index contributed by atoms with van der Waals surface area (Å²) in [6.45, 7) is 8.90. The van der Waals surface area contributed by atoms with Gasteiger partial charge in [-0.1, -0.05) is 13.8 Å². The van der Waals surface area contributed by atoms with Crippen LogP contribution in [0.15, 0.2) is 0 Å². The zero-order valence-electron chi connectivity index (χ0n) is 8.34. The van der Waals surface area contributed by atoms with Gasteiger partial charge in [-0.3, -0.25) is 0 Å². The fourth-order valence-electron chi connectivity index (χ4n) is 1.93. The first-order valence-corrected chi connectivity index (χ1v) is 4.94. The normalized spacial score (nSPS) is 26.5. The Morgan fingerprint density at radius 3 is 2.83 bits per heavy atom. The molecule has 2 N–H and O–H groups in total. The number of nitrogens with zero attached hydrogens (tertiary/aromatic N) is 1. The molecule has 0 aromatic rings. The second-order valence-corrected chi connectivity index (χ2v) is 4.19. The zero-order chi connectivity index (χ0) is 8.97. The second-order valence-electron chi connectivity index (χ2n) is 4.19. The van der Waals surface area contributed by atoms with Crippen LogP contribution in [0.3, 0.4) is 0 Å². The lowest BCUT2D eigenvalue weighted by Crippen LogP contribution is -2.39. The Balaban J connectivity index is 2.25. The summed E-state index contributed by atoms with van der Waals surface area (Å²) in [6, 6.07) is 0. The van der Waals surface area contributed by atoms with Crippen molar-refractivity contribution < 1.29 is 0 Å². The summed E-state index contributed by atoms with van der Waals surface area (Å²) >= 11 is 0. The first-order valence-electron chi connectivity index (χ1n) is 4.94. The smallest absolute Gasteiger partial charge is 0.00384 e. The third-order valence-electron chi connectivity index (χ3n) is 2.48. The largest absolute Gasteiger partial charge is 0.330 e. The molecule has 0 saturated carbocycles. The first kappa shape index (κ1) is 10.0. The minimum atomic E-state index is 0.748. The molecule has 1 aliphatic heterocycles. The van der Waals surface area contributed by atoms with Crippen LogP contribution in [0.5, 0.6) is 0 Å². The summed E-state index contributed by atoms with van der Waals surface area (Å²) in [5, 5.41) is 0. The molecule has 0 aromatic carbocycles. The predicted molar refractivity (Wildman–Crippen MR) is 52.8 cm³/mol. The van der Waals surface area contributed by atoms with E-state index >= 15 is 0 Å². The lowest BCUT2D eigenvalue weighted by molar-refractivity contribution is 0.184. The van der Waals surface area contributed by atoms with E-state index in [1.807, 2.05) is 0 Å². The molecule has 1 aliphatic rings. The summed E-state index contributed by atoms with van der Waals surface area (Å²) in [4.78, 5) is 2.52. The Hall–Kier alpha value is -0.0800. The van der Waals surface area contributed by atoms with Crippen LogP contribution in [0.1, 0.15) is 26.7 Å². The van der Waals surface area contributed by atoms with Gasteiger partial charge in [0.2, 0.25) is 0 Å². The molecule has 0 bridgehead atoms. The van der Waals surface area contributed by atoms with Crippen molar-refractivity contribution in [2.75, 3.05) is 26.2 Å². The lowest BCUT2D eigenvalue weighted by Gasteiger charge is -2.32. The van der Waals surface area contributed by atoms with Crippen LogP contribution in [0.25, 0.3) is 0 Å². The van der Waals surface area contributed by atoms with E-state index in [1.54, 1.807) is 0 Å². The van der Waals surface area contributed by atoms with Crippen LogP contribution in [0.2, 0.25) is 0 Å². The molecule has 2 heteroatoms. The van der Waals surface area contributed by atoms with Crippen LogP contribution in [-0.2, 0) is 0 Å². The minimum Gasteiger partial charge on any atom is -0.330 e. The predicted octanol–water partition coefficient (Wildman–Crippen LogP) is 1.27. The van der Waals surface area contributed by atoms with Crippen molar-refractivity contribution in [3.8, 4) is 0 Å². The van der Waals surface area contributed by atoms with E-state index in [9.17, 15) is 0 Å². The van der Waals surface area contributed by atoms with Gasteiger partial charge in [-0.15, -0.1) is 0 Å². The highest BCUT2D eigenvalue weighted by atomic mass is 15.1. The SMILES string of the molecule is C[C](C)CN1CCC[C@@H](CN)C1. The Morgan fingerprint density at radius 2 is 2.25 bits per heavy atom. The fraction of sp³-hybridized carbons (Fsp3) is 0.900. The second kappa shape index (κ2) is 4.83. The van der Waals surface area contributed by atoms with E-state index in [2.05, 4.69) is 18.7 Å². The average Bonchev–Trinajstić information content (AvgIpc) is 2.03. The van der Waals surface area contributed by atoms with E-state index in [0.717, 1.165) is 19.0 Å². The molecule has 12 heavy (non-hydrogen) atoms. The van der Waals surface area contributed by atoms with Gasteiger partial charge in [0.1, 0.15) is 0 Å². The molecule has 1 atom stereocenters. The minimum absolute atomic E-state index is 0.748. The summed E-state index contributed by atoms with van der Waals surface area (Å²) in [5.74, 6) is 2.26. The summed E-state index contributed by atoms with van der Waals surface area (Å²) < 4.78 is 0. The molecule has 0 unspecified atom stereocenters. The van der Waals surface area contributed by atoms with Crippen molar-refractivity contribution in [2.24, 2.45) is 11.7 Å². The highest BCUT2D eigenvalue weighted by Crippen LogP contribution is 2.16. The Bertz CT molecular complexity index is 123. The number of hydrogen-bond donors (Lipinski definition) is 1. The van der Waals surface area contributed by atoms with Gasteiger partial charge in [0.15, 0.2) is 0 Å². The van der Waals surface area contributed by atoms with Gasteiger partial charge in [-0.2, -0.15) is 0 Å². The molecule has 0 amide bonds. The molecule has 2 nitrogen and oxygen atoms in total. The van der Waals surface area contributed by atoms with Crippen LogP contribution in [-0.4, -0.2) is 31.1 Å². The number of rotatable bonds is 3. The lowest BCUT2D eigenvalue weighted by atomic mass is 9.97. The van der Waals surface area contributed by atoms with Crippen molar-refractivity contribution in [1.29, 1.82) is 0 Å². The highest BCUT2D eigenvalue weighted by molar-refractivity contribution is 4.84. The highest BCUT2D eigenvalue weighted by Gasteiger charge is 2.18. The number of nitrogens with two attached hydrogens (primary N) is 1. The molecule has 0 spiro atoms. The molecule has 1 saturated heterocycles. The molecule has 1 fully saturated rings. The number of hydrogen-bond acceptors (Lipinski definition) is 2. The van der Waals surface area contributed by atoms with Crippen molar-refractivity contribution in [1.82, 2.24) is 4.90 Å². The van der Waals surface area contributed by atoms with Crippen LogP contribution >= 0.6 is 0 Å².